The minimum absolute atomic E-state index is 0.833. The Labute approximate surface area is 43.8 Å². The maximum Gasteiger partial charge on any atom is 0.0348 e. The lowest BCUT2D eigenvalue weighted by atomic mass is 10.8. The van der Waals surface area contributed by atoms with E-state index in [4.69, 9.17) is 11.8 Å². The smallest absolute Gasteiger partial charge is 0.0348 e. The number of rotatable bonds is 0. The predicted octanol–water partition coefficient (Wildman–Crippen LogP) is 0.554. The predicted molar refractivity (Wildman–Crippen MR) is 28.9 cm³/mol. The summed E-state index contributed by atoms with van der Waals surface area (Å²) in [7, 11) is 0.833. The molecule has 1 heterocycles. The first-order valence-electron chi connectivity index (χ1n) is 1.81. The van der Waals surface area contributed by atoms with Crippen LogP contribution in [0, 0.1) is 0 Å². The van der Waals surface area contributed by atoms with Gasteiger partial charge in [-0.3, -0.25) is 0 Å². The van der Waals surface area contributed by atoms with Crippen molar-refractivity contribution in [3.8, 4) is 0 Å². The van der Waals surface area contributed by atoms with Crippen LogP contribution in [-0.2, 0) is 0 Å². The minimum atomic E-state index is 0.833. The van der Waals surface area contributed by atoms with E-state index in [1.54, 1.807) is 4.53 Å². The van der Waals surface area contributed by atoms with Crippen molar-refractivity contribution < 1.29 is 0 Å². The molecule has 0 radical (unpaired) electrons. The maximum absolute atomic E-state index is 5.44. The van der Waals surface area contributed by atoms with E-state index in [1.807, 2.05) is 0 Å². The van der Waals surface area contributed by atoms with Gasteiger partial charge in [0.25, 0.3) is 0 Å². The summed E-state index contributed by atoms with van der Waals surface area (Å²) in [6.07, 6.45) is 1.20. The monoisotopic (exact) mass is 124 g/mol. The molecule has 36 valence electrons. The molecule has 1 fully saturated rings. The van der Waals surface area contributed by atoms with Crippen LogP contribution in [0.1, 0.15) is 0 Å². The standard InChI is InChI=1S/C2H6ClN2P/c3-5-1-2-6-4-5/h4,6H,1-2H2. The van der Waals surface area contributed by atoms with Crippen LogP contribution in [0.15, 0.2) is 0 Å². The first kappa shape index (κ1) is 4.79. The molecule has 1 aliphatic heterocycles. The Hall–Kier alpha value is 0.640. The molecular weight excluding hydrogens is 118 g/mol. The van der Waals surface area contributed by atoms with Crippen molar-refractivity contribution in [2.45, 2.75) is 0 Å². The van der Waals surface area contributed by atoms with Crippen molar-refractivity contribution in [1.29, 1.82) is 0 Å². The molecule has 0 spiro atoms. The molecule has 1 rings (SSSR count). The van der Waals surface area contributed by atoms with Crippen molar-refractivity contribution in [2.75, 3.05) is 12.7 Å². The van der Waals surface area contributed by atoms with Crippen LogP contribution in [-0.4, -0.2) is 17.2 Å². The summed E-state index contributed by atoms with van der Waals surface area (Å²) in [4.78, 5) is 0. The van der Waals surface area contributed by atoms with Gasteiger partial charge in [-0.05, 0) is 26.7 Å². The molecule has 1 unspecified atom stereocenters. The Morgan fingerprint density at radius 2 is 2.67 bits per heavy atom. The Balaban J connectivity index is 2.18. The fourth-order valence-corrected chi connectivity index (χ4v) is 1.49. The topological polar surface area (TPSA) is 15.3 Å². The minimum Gasteiger partial charge on any atom is -0.222 e. The Bertz CT molecular complexity index is 44.8. The fraction of sp³-hybridized carbons (Fsp3) is 1.00. The molecule has 4 heteroatoms. The Kier molecular flexibility index (Phi) is 1.66. The molecule has 2 nitrogen and oxygen atoms in total. The summed E-state index contributed by atoms with van der Waals surface area (Å²) >= 11 is 5.44. The Morgan fingerprint density at radius 1 is 1.83 bits per heavy atom. The lowest BCUT2D eigenvalue weighted by Crippen LogP contribution is -2.14. The zero-order valence-electron chi connectivity index (χ0n) is 3.24. The number of nitrogens with zero attached hydrogens (tertiary/aromatic N) is 1. The largest absolute Gasteiger partial charge is 0.222 e. The van der Waals surface area contributed by atoms with Gasteiger partial charge < -0.3 is 0 Å². The van der Waals surface area contributed by atoms with Gasteiger partial charge in [-0.15, -0.1) is 0 Å². The van der Waals surface area contributed by atoms with E-state index in [2.05, 4.69) is 5.20 Å². The first-order chi connectivity index (χ1) is 2.89. The summed E-state index contributed by atoms with van der Waals surface area (Å²) in [5, 5.41) is 2.95. The van der Waals surface area contributed by atoms with Crippen LogP contribution in [0.5, 0.6) is 0 Å². The second-order valence-electron chi connectivity index (χ2n) is 1.12. The molecule has 1 atom stereocenters. The van der Waals surface area contributed by atoms with Gasteiger partial charge in [0.2, 0.25) is 0 Å². The van der Waals surface area contributed by atoms with E-state index in [1.165, 1.54) is 6.16 Å². The summed E-state index contributed by atoms with van der Waals surface area (Å²) in [6.45, 7) is 0.986. The molecule has 0 amide bonds. The molecule has 0 bridgehead atoms. The van der Waals surface area contributed by atoms with Gasteiger partial charge in [-0.25, -0.2) is 5.20 Å². The van der Waals surface area contributed by atoms with Crippen molar-refractivity contribution >= 4 is 20.5 Å². The van der Waals surface area contributed by atoms with Crippen LogP contribution in [0.2, 0.25) is 0 Å². The van der Waals surface area contributed by atoms with E-state index in [0.29, 0.717) is 0 Å². The van der Waals surface area contributed by atoms with E-state index < -0.39 is 0 Å². The summed E-state index contributed by atoms with van der Waals surface area (Å²) in [5.74, 6) is 0. The summed E-state index contributed by atoms with van der Waals surface area (Å²) < 4.78 is 1.60. The van der Waals surface area contributed by atoms with E-state index in [0.717, 1.165) is 15.3 Å². The van der Waals surface area contributed by atoms with Crippen molar-refractivity contribution in [3.63, 3.8) is 0 Å². The highest BCUT2D eigenvalue weighted by Crippen LogP contribution is 2.13. The highest BCUT2D eigenvalue weighted by Gasteiger charge is 2.04. The molecule has 0 aromatic heterocycles. The molecule has 6 heavy (non-hydrogen) atoms. The van der Waals surface area contributed by atoms with Gasteiger partial charge in [0.1, 0.15) is 0 Å². The third kappa shape index (κ3) is 1.05. The summed E-state index contributed by atoms with van der Waals surface area (Å²) in [5.41, 5.74) is 0. The maximum atomic E-state index is 5.44. The zero-order valence-corrected chi connectivity index (χ0v) is 5.00. The summed E-state index contributed by atoms with van der Waals surface area (Å²) in [6, 6.07) is 0. The second-order valence-corrected chi connectivity index (χ2v) is 2.61. The van der Waals surface area contributed by atoms with Gasteiger partial charge in [0, 0.05) is 6.54 Å². The van der Waals surface area contributed by atoms with Gasteiger partial charge in [0.05, 0.1) is 0 Å². The molecule has 0 aliphatic carbocycles. The third-order valence-corrected chi connectivity index (χ3v) is 1.93. The van der Waals surface area contributed by atoms with E-state index in [-0.39, 0.29) is 0 Å². The van der Waals surface area contributed by atoms with Crippen LogP contribution in [0.4, 0.5) is 0 Å². The number of hydrazine groups is 1. The van der Waals surface area contributed by atoms with Crippen LogP contribution in [0.3, 0.4) is 0 Å². The number of nitrogens with one attached hydrogen (secondary N) is 1. The van der Waals surface area contributed by atoms with Crippen LogP contribution >= 0.6 is 20.5 Å². The molecular formula is C2H6ClN2P. The quantitative estimate of drug-likeness (QED) is 0.375. The lowest BCUT2D eigenvalue weighted by molar-refractivity contribution is 0.488. The number of halogens is 1. The second kappa shape index (κ2) is 2.08. The van der Waals surface area contributed by atoms with E-state index in [9.17, 15) is 0 Å². The highest BCUT2D eigenvalue weighted by molar-refractivity contribution is 7.35. The normalized spacial score (nSPS) is 29.5. The van der Waals surface area contributed by atoms with Crippen molar-refractivity contribution in [3.05, 3.63) is 0 Å². The number of hydrogen-bond acceptors (Lipinski definition) is 2. The zero-order chi connectivity index (χ0) is 4.41. The molecule has 0 aromatic rings. The van der Waals surface area contributed by atoms with Gasteiger partial charge >= 0.3 is 0 Å². The highest BCUT2D eigenvalue weighted by atomic mass is 35.5. The van der Waals surface area contributed by atoms with Crippen molar-refractivity contribution in [1.82, 2.24) is 9.72 Å². The van der Waals surface area contributed by atoms with Gasteiger partial charge in [0.15, 0.2) is 0 Å². The molecule has 0 aromatic carbocycles. The average Bonchev–Trinajstić information content (AvgIpc) is 1.86. The molecule has 1 aliphatic rings. The Morgan fingerprint density at radius 3 is 2.83 bits per heavy atom. The third-order valence-electron chi connectivity index (χ3n) is 0.633. The van der Waals surface area contributed by atoms with Crippen molar-refractivity contribution in [2.24, 2.45) is 0 Å². The van der Waals surface area contributed by atoms with Gasteiger partial charge in [-0.1, -0.05) is 0 Å². The lowest BCUT2D eigenvalue weighted by Gasteiger charge is -1.97. The van der Waals surface area contributed by atoms with E-state index >= 15 is 0 Å². The fourth-order valence-electron chi connectivity index (χ4n) is 0.352. The van der Waals surface area contributed by atoms with Crippen LogP contribution in [0.25, 0.3) is 0 Å². The van der Waals surface area contributed by atoms with Crippen LogP contribution < -0.4 is 5.20 Å². The van der Waals surface area contributed by atoms with Gasteiger partial charge in [-0.2, -0.15) is 4.53 Å². The molecule has 1 saturated heterocycles. The SMILES string of the molecule is ClN1CCPN1. The molecule has 1 N–H and O–H groups in total. The first-order valence-corrected chi connectivity index (χ1v) is 3.36. The number of hydrogen-bond donors (Lipinski definition) is 1. The molecule has 0 saturated carbocycles. The average molecular weight is 125 g/mol.